The fourth-order valence-electron chi connectivity index (χ4n) is 2.83. The monoisotopic (exact) mass is 284 g/mol. The third-order valence-corrected chi connectivity index (χ3v) is 4.71. The summed E-state index contributed by atoms with van der Waals surface area (Å²) in [6.45, 7) is -0.411. The van der Waals surface area contributed by atoms with Crippen molar-refractivity contribution in [1.29, 1.82) is 0 Å². The van der Waals surface area contributed by atoms with E-state index in [2.05, 4.69) is 4.99 Å². The molecule has 0 spiro atoms. The molecule has 2 aliphatic heterocycles. The summed E-state index contributed by atoms with van der Waals surface area (Å²) in [4.78, 5) is 4.43. The maximum Gasteiger partial charge on any atom is 0.154 e. The van der Waals surface area contributed by atoms with Crippen LogP contribution in [0, 0.1) is 11.7 Å². The molecule has 0 aromatic heterocycles. The lowest BCUT2D eigenvalue weighted by atomic mass is 9.79. The van der Waals surface area contributed by atoms with Crippen molar-refractivity contribution in [2.24, 2.45) is 16.6 Å². The number of hydrogen-bond acceptors (Lipinski definition) is 4. The molecular weight excluding hydrogens is 270 g/mol. The highest BCUT2D eigenvalue weighted by molar-refractivity contribution is 8.13. The van der Waals surface area contributed by atoms with Gasteiger partial charge in [-0.1, -0.05) is 30.0 Å². The number of halogens is 2. The van der Waals surface area contributed by atoms with E-state index in [4.69, 9.17) is 10.5 Å². The van der Waals surface area contributed by atoms with Crippen LogP contribution in [-0.4, -0.2) is 30.3 Å². The molecule has 0 aliphatic carbocycles. The number of nitrogens with two attached hydrogens (primary N) is 1. The second kappa shape index (κ2) is 4.76. The normalized spacial score (nSPS) is 33.9. The highest BCUT2D eigenvalue weighted by Gasteiger charge is 2.53. The summed E-state index contributed by atoms with van der Waals surface area (Å²) in [6.07, 6.45) is -0.538. The van der Waals surface area contributed by atoms with Crippen LogP contribution < -0.4 is 5.73 Å². The van der Waals surface area contributed by atoms with E-state index < -0.39 is 18.3 Å². The first-order chi connectivity index (χ1) is 9.17. The van der Waals surface area contributed by atoms with Gasteiger partial charge in [0, 0.05) is 17.2 Å². The van der Waals surface area contributed by atoms with E-state index >= 15 is 0 Å². The lowest BCUT2D eigenvalue weighted by molar-refractivity contribution is 0.0721. The first kappa shape index (κ1) is 12.9. The largest absolute Gasteiger partial charge is 0.379 e. The summed E-state index contributed by atoms with van der Waals surface area (Å²) < 4.78 is 32.6. The summed E-state index contributed by atoms with van der Waals surface area (Å²) >= 11 is 1.37. The predicted octanol–water partition coefficient (Wildman–Crippen LogP) is 2.07. The Morgan fingerprint density at radius 3 is 3.00 bits per heavy atom. The van der Waals surface area contributed by atoms with Crippen LogP contribution in [-0.2, 0) is 10.3 Å². The van der Waals surface area contributed by atoms with E-state index in [1.54, 1.807) is 18.2 Å². The van der Waals surface area contributed by atoms with Gasteiger partial charge in [0.1, 0.15) is 18.0 Å². The molecule has 3 rings (SSSR count). The second-order valence-electron chi connectivity index (χ2n) is 4.78. The zero-order valence-corrected chi connectivity index (χ0v) is 11.0. The van der Waals surface area contributed by atoms with Gasteiger partial charge in [-0.25, -0.2) is 13.8 Å². The molecule has 2 N–H and O–H groups in total. The number of alkyl halides is 1. The summed E-state index contributed by atoms with van der Waals surface area (Å²) in [5.41, 5.74) is 5.36. The van der Waals surface area contributed by atoms with Gasteiger partial charge in [0.2, 0.25) is 0 Å². The topological polar surface area (TPSA) is 47.6 Å². The number of aliphatic imine (C=N–C) groups is 1. The van der Waals surface area contributed by atoms with Crippen LogP contribution in [0.15, 0.2) is 29.3 Å². The van der Waals surface area contributed by atoms with Crippen LogP contribution in [0.5, 0.6) is 0 Å². The van der Waals surface area contributed by atoms with E-state index in [0.29, 0.717) is 16.5 Å². The van der Waals surface area contributed by atoms with Crippen molar-refractivity contribution >= 4 is 16.9 Å². The SMILES string of the molecule is NC1=N[C@@]2(c3ccccc3F)COC(CF)C2CS1. The Balaban J connectivity index is 2.13. The number of ether oxygens (including phenoxy) is 1. The van der Waals surface area contributed by atoms with Crippen molar-refractivity contribution in [3.8, 4) is 0 Å². The Hall–Kier alpha value is -1.14. The molecule has 3 nitrogen and oxygen atoms in total. The van der Waals surface area contributed by atoms with Gasteiger partial charge in [0.05, 0.1) is 12.7 Å². The van der Waals surface area contributed by atoms with Gasteiger partial charge in [-0.05, 0) is 6.07 Å². The Kier molecular flexibility index (Phi) is 3.22. The lowest BCUT2D eigenvalue weighted by Gasteiger charge is -2.35. The third-order valence-electron chi connectivity index (χ3n) is 3.79. The number of amidine groups is 1. The average molecular weight is 284 g/mol. The Morgan fingerprint density at radius 2 is 2.26 bits per heavy atom. The first-order valence-electron chi connectivity index (χ1n) is 6.08. The minimum atomic E-state index is -0.878. The van der Waals surface area contributed by atoms with E-state index in [1.807, 2.05) is 0 Å². The van der Waals surface area contributed by atoms with Crippen molar-refractivity contribution < 1.29 is 13.5 Å². The number of hydrogen-bond donors (Lipinski definition) is 1. The van der Waals surface area contributed by atoms with Gasteiger partial charge < -0.3 is 10.5 Å². The smallest absolute Gasteiger partial charge is 0.154 e. The Labute approximate surface area is 114 Å². The molecule has 3 atom stereocenters. The molecule has 2 heterocycles. The number of fused-ring (bicyclic) bond motifs is 1. The molecular formula is C13H14F2N2OS. The Morgan fingerprint density at radius 1 is 1.47 bits per heavy atom. The first-order valence-corrected chi connectivity index (χ1v) is 7.06. The highest BCUT2D eigenvalue weighted by Crippen LogP contribution is 2.47. The molecule has 102 valence electrons. The van der Waals surface area contributed by atoms with Crippen molar-refractivity contribution in [3.05, 3.63) is 35.6 Å². The number of thioether (sulfide) groups is 1. The van der Waals surface area contributed by atoms with Crippen LogP contribution in [0.3, 0.4) is 0 Å². The quantitative estimate of drug-likeness (QED) is 0.904. The van der Waals surface area contributed by atoms with Crippen LogP contribution >= 0.6 is 11.8 Å². The number of nitrogens with zero attached hydrogens (tertiary/aromatic N) is 1. The molecule has 1 aromatic rings. The van der Waals surface area contributed by atoms with E-state index in [9.17, 15) is 8.78 Å². The molecule has 1 saturated heterocycles. The zero-order valence-electron chi connectivity index (χ0n) is 10.2. The van der Waals surface area contributed by atoms with Gasteiger partial charge in [0.25, 0.3) is 0 Å². The maximum absolute atomic E-state index is 14.1. The standard InChI is InChI=1S/C13H14F2N2OS/c14-5-11-9-6-19-12(16)17-13(9,7-18-11)8-3-1-2-4-10(8)15/h1-4,9,11H,5-7H2,(H2,16,17)/t9?,11?,13-/m1/s1. The van der Waals surface area contributed by atoms with Gasteiger partial charge in [-0.3, -0.25) is 0 Å². The Bertz CT molecular complexity index is 525. The van der Waals surface area contributed by atoms with Gasteiger partial charge in [-0.2, -0.15) is 0 Å². The molecule has 6 heteroatoms. The van der Waals surface area contributed by atoms with Crippen molar-refractivity contribution in [1.82, 2.24) is 0 Å². The lowest BCUT2D eigenvalue weighted by Crippen LogP contribution is -2.42. The van der Waals surface area contributed by atoms with Crippen LogP contribution in [0.4, 0.5) is 8.78 Å². The summed E-state index contributed by atoms with van der Waals surface area (Å²) in [6, 6.07) is 6.44. The average Bonchev–Trinajstić information content (AvgIpc) is 2.77. The molecule has 2 aliphatic rings. The third kappa shape index (κ3) is 1.94. The molecule has 1 fully saturated rings. The molecule has 0 amide bonds. The highest BCUT2D eigenvalue weighted by atomic mass is 32.2. The minimum absolute atomic E-state index is 0.175. The minimum Gasteiger partial charge on any atom is -0.379 e. The van der Waals surface area contributed by atoms with E-state index in [-0.39, 0.29) is 18.3 Å². The summed E-state index contributed by atoms with van der Waals surface area (Å²) in [5, 5.41) is 0.405. The van der Waals surface area contributed by atoms with Gasteiger partial charge >= 0.3 is 0 Å². The van der Waals surface area contributed by atoms with Crippen molar-refractivity contribution in [2.45, 2.75) is 11.6 Å². The maximum atomic E-state index is 14.1. The van der Waals surface area contributed by atoms with Crippen LogP contribution in [0.25, 0.3) is 0 Å². The molecule has 1 aromatic carbocycles. The molecule has 0 bridgehead atoms. The van der Waals surface area contributed by atoms with E-state index in [0.717, 1.165) is 0 Å². The van der Waals surface area contributed by atoms with E-state index in [1.165, 1.54) is 17.8 Å². The molecule has 0 saturated carbocycles. The fourth-order valence-corrected chi connectivity index (χ4v) is 3.90. The second-order valence-corrected chi connectivity index (χ2v) is 5.82. The van der Waals surface area contributed by atoms with Crippen LogP contribution in [0.2, 0.25) is 0 Å². The summed E-state index contributed by atoms with van der Waals surface area (Å²) in [7, 11) is 0. The van der Waals surface area contributed by atoms with Crippen molar-refractivity contribution in [3.63, 3.8) is 0 Å². The summed E-state index contributed by atoms with van der Waals surface area (Å²) in [5.74, 6) is 0.0592. The van der Waals surface area contributed by atoms with Gasteiger partial charge in [0.15, 0.2) is 5.17 Å². The number of benzene rings is 1. The van der Waals surface area contributed by atoms with Crippen molar-refractivity contribution in [2.75, 3.05) is 19.0 Å². The fraction of sp³-hybridized carbons (Fsp3) is 0.462. The molecule has 2 unspecified atom stereocenters. The van der Waals surface area contributed by atoms with Crippen LogP contribution in [0.1, 0.15) is 5.56 Å². The van der Waals surface area contributed by atoms with Gasteiger partial charge in [-0.15, -0.1) is 0 Å². The predicted molar refractivity (Wildman–Crippen MR) is 71.4 cm³/mol. The number of rotatable bonds is 2. The molecule has 0 radical (unpaired) electrons. The zero-order chi connectivity index (χ0) is 13.5. The molecule has 19 heavy (non-hydrogen) atoms.